The van der Waals surface area contributed by atoms with Gasteiger partial charge in [-0.2, -0.15) is 6.42 Å². The summed E-state index contributed by atoms with van der Waals surface area (Å²) in [7, 11) is 14.2. The van der Waals surface area contributed by atoms with Crippen LogP contribution in [0.3, 0.4) is 0 Å². The molecule has 1 aliphatic rings. The van der Waals surface area contributed by atoms with Crippen LogP contribution in [0.2, 0.25) is 0 Å². The molecule has 0 unspecified atom stereocenters. The minimum absolute atomic E-state index is 0.604. The zero-order valence-electron chi connectivity index (χ0n) is 20.0. The number of para-hydroxylation sites is 1. The Morgan fingerprint density at radius 3 is 2.18 bits per heavy atom. The van der Waals surface area contributed by atoms with E-state index in [9.17, 15) is 0 Å². The average Bonchev–Trinajstić information content (AvgIpc) is 3.38. The average molecular weight is 571 g/mol. The molecule has 0 radical (unpaired) electrons. The van der Waals surface area contributed by atoms with Crippen molar-refractivity contribution in [3.63, 3.8) is 0 Å². The third kappa shape index (κ3) is 14.0. The van der Waals surface area contributed by atoms with Crippen molar-refractivity contribution in [2.75, 3.05) is 18.9 Å². The zero-order valence-corrected chi connectivity index (χ0v) is 24.6. The quantitative estimate of drug-likeness (QED) is 0.156. The normalized spacial score (nSPS) is 13.3. The Morgan fingerprint density at radius 2 is 1.70 bits per heavy atom. The van der Waals surface area contributed by atoms with Crippen LogP contribution in [0.4, 0.5) is 5.69 Å². The van der Waals surface area contributed by atoms with Crippen molar-refractivity contribution in [2.24, 2.45) is 4.99 Å². The van der Waals surface area contributed by atoms with E-state index in [1.54, 1.807) is 0 Å². The van der Waals surface area contributed by atoms with Crippen molar-refractivity contribution in [1.82, 2.24) is 5.09 Å². The summed E-state index contributed by atoms with van der Waals surface area (Å²) in [4.78, 5) is 5.04. The topological polar surface area (TPSA) is 33.6 Å². The molecule has 0 amide bonds. The number of ether oxygens (including phenoxy) is 1. The number of halogens is 3. The fourth-order valence-corrected chi connectivity index (χ4v) is 4.50. The summed E-state index contributed by atoms with van der Waals surface area (Å²) in [5.41, 5.74) is 4.88. The Labute approximate surface area is 219 Å². The van der Waals surface area contributed by atoms with Gasteiger partial charge < -0.3 is 4.74 Å². The van der Waals surface area contributed by atoms with Crippen LogP contribution in [0.5, 0.6) is 0 Å². The van der Waals surface area contributed by atoms with Gasteiger partial charge in [-0.25, -0.2) is 16.7 Å². The summed E-state index contributed by atoms with van der Waals surface area (Å²) in [6, 6.07) is 17.2. The number of aliphatic imine (C=N–C) groups is 1. The number of nitrogens with zero attached hydrogens (tertiary/aromatic N) is 1. The van der Waals surface area contributed by atoms with Crippen molar-refractivity contribution in [3.05, 3.63) is 71.8 Å². The monoisotopic (exact) mass is 569 g/mol. The van der Waals surface area contributed by atoms with E-state index in [-0.39, 0.29) is 0 Å². The molecule has 1 aliphatic heterocycles. The second-order valence-corrected chi connectivity index (χ2v) is 16.7. The molecule has 2 aromatic rings. The molecule has 0 atom stereocenters. The molecule has 0 spiro atoms. The predicted molar refractivity (Wildman–Crippen MR) is 147 cm³/mol. The third-order valence-electron chi connectivity index (χ3n) is 4.92. The van der Waals surface area contributed by atoms with E-state index in [0.717, 1.165) is 37.4 Å². The summed E-state index contributed by atoms with van der Waals surface area (Å²) < 4.78 is 4.82. The van der Waals surface area contributed by atoms with Gasteiger partial charge in [0.2, 0.25) is 0 Å². The molecule has 0 aromatic heterocycles. The molecule has 184 valence electrons. The van der Waals surface area contributed by atoms with Gasteiger partial charge in [0.25, 0.3) is 0 Å². The van der Waals surface area contributed by atoms with Crippen LogP contribution in [-0.2, 0) is 22.5 Å². The van der Waals surface area contributed by atoms with Gasteiger partial charge in [0.1, 0.15) is 0 Å². The Morgan fingerprint density at radius 1 is 1.06 bits per heavy atom. The van der Waals surface area contributed by atoms with Gasteiger partial charge in [0, 0.05) is 12.2 Å². The maximum atomic E-state index is 5.04. The van der Waals surface area contributed by atoms with Crippen LogP contribution < -0.4 is 5.09 Å². The SMILES string of the molecule is CCCc1ccccc1N=C(N[PH+](CC)CC)c1ccc(C)cc1.[CH-]1CCCO1.[Cl][Cr+]([Cl])[Cl]. The predicted octanol–water partition coefficient (Wildman–Crippen LogP) is 8.81. The number of rotatable bonds is 7. The van der Waals surface area contributed by atoms with Crippen LogP contribution in [0.25, 0.3) is 0 Å². The molecule has 1 heterocycles. The second kappa shape index (κ2) is 19.0. The molecule has 8 heteroatoms. The Hall–Kier alpha value is -0.298. The van der Waals surface area contributed by atoms with Gasteiger partial charge in [-0.15, -0.1) is 0 Å². The number of hydrogen-bond acceptors (Lipinski definition) is 2. The van der Waals surface area contributed by atoms with Crippen molar-refractivity contribution in [2.45, 2.75) is 53.4 Å². The fraction of sp³-hybridized carbons (Fsp3) is 0.440. The molecule has 1 fully saturated rings. The van der Waals surface area contributed by atoms with Gasteiger partial charge >= 0.3 is 41.5 Å². The summed E-state index contributed by atoms with van der Waals surface area (Å²) in [5.74, 6) is 1.02. The number of aryl methyl sites for hydroxylation is 2. The van der Waals surface area contributed by atoms with Gasteiger partial charge in [-0.1, -0.05) is 67.8 Å². The van der Waals surface area contributed by atoms with E-state index in [1.165, 1.54) is 35.4 Å². The fourth-order valence-electron chi connectivity index (χ4n) is 3.11. The molecule has 0 aliphatic carbocycles. The number of nitrogens with one attached hydrogen (secondary N) is 1. The van der Waals surface area contributed by atoms with E-state index in [0.29, 0.717) is 0 Å². The van der Waals surface area contributed by atoms with Crippen LogP contribution >= 0.6 is 38.2 Å². The molecule has 33 heavy (non-hydrogen) atoms. The van der Waals surface area contributed by atoms with Crippen LogP contribution in [0.15, 0.2) is 53.5 Å². The van der Waals surface area contributed by atoms with Gasteiger partial charge in [-0.05, 0) is 38.8 Å². The summed E-state index contributed by atoms with van der Waals surface area (Å²) in [6.45, 7) is 11.7. The molecule has 0 saturated carbocycles. The molecule has 0 bridgehead atoms. The standard InChI is InChI=1S/C21H29N2P.C4H7O.3ClH.Cr/c1-5-10-18-11-8-9-12-20(18)22-21(23-24(6-2)7-3)19-15-13-17(4)14-16-19;1-2-4-5-3-1;;;;/h8-9,11-16H,5-7,10H2,1-4H3,(H,22,23);3H,1-2,4H2;3*1H;/q;-1;;;;+4/p-2. The molecule has 3 rings (SSSR count). The first-order valence-electron chi connectivity index (χ1n) is 11.4. The van der Waals surface area contributed by atoms with Crippen molar-refractivity contribution in [3.8, 4) is 0 Å². The van der Waals surface area contributed by atoms with Gasteiger partial charge in [-0.3, -0.25) is 0 Å². The Bertz CT molecular complexity index is 788. The second-order valence-electron chi connectivity index (χ2n) is 7.50. The van der Waals surface area contributed by atoms with Crippen LogP contribution in [-0.4, -0.2) is 24.8 Å². The molecule has 1 saturated heterocycles. The summed E-state index contributed by atoms with van der Waals surface area (Å²) >= 11 is -1.62. The number of hydrogen-bond donors (Lipinski definition) is 1. The first-order chi connectivity index (χ1) is 15.9. The molecule has 1 N–H and O–H groups in total. The van der Waals surface area contributed by atoms with Crippen molar-refractivity contribution >= 4 is 49.7 Å². The van der Waals surface area contributed by atoms with Gasteiger partial charge in [0.05, 0.1) is 26.1 Å². The zero-order chi connectivity index (χ0) is 24.5. The van der Waals surface area contributed by atoms with Crippen molar-refractivity contribution in [1.29, 1.82) is 0 Å². The third-order valence-corrected chi connectivity index (χ3v) is 7.22. The molecular weight excluding hydrogens is 534 g/mol. The summed E-state index contributed by atoms with van der Waals surface area (Å²) in [5, 5.41) is 3.76. The van der Waals surface area contributed by atoms with Crippen molar-refractivity contribution < 1.29 is 16.1 Å². The van der Waals surface area contributed by atoms with E-state index < -0.39 is 19.5 Å². The molecular formula is C25H37Cl3CrN2OP+. The number of benzene rings is 2. The van der Waals surface area contributed by atoms with E-state index in [2.05, 4.69) is 81.3 Å². The molecule has 2 aromatic carbocycles. The van der Waals surface area contributed by atoms with E-state index in [1.807, 2.05) is 6.61 Å². The first-order valence-corrected chi connectivity index (χ1v) is 18.6. The van der Waals surface area contributed by atoms with Gasteiger partial charge in [0.15, 0.2) is 5.84 Å². The summed E-state index contributed by atoms with van der Waals surface area (Å²) in [6.07, 6.45) is 6.98. The van der Waals surface area contributed by atoms with Crippen LogP contribution in [0, 0.1) is 13.5 Å². The maximum absolute atomic E-state index is 5.04. The number of amidine groups is 1. The Kier molecular flexibility index (Phi) is 17.7. The van der Waals surface area contributed by atoms with Crippen LogP contribution in [0.1, 0.15) is 56.7 Å². The molecule has 3 nitrogen and oxygen atoms in total. The first kappa shape index (κ1) is 30.7. The minimum atomic E-state index is -1.62. The van der Waals surface area contributed by atoms with E-state index >= 15 is 0 Å². The Balaban J connectivity index is 0.000000505. The van der Waals surface area contributed by atoms with E-state index in [4.69, 9.17) is 39.9 Å².